The average Bonchev–Trinajstić information content (AvgIpc) is 2.28. The molecule has 0 aromatic rings. The number of rotatable bonds is 2. The highest BCUT2D eigenvalue weighted by molar-refractivity contribution is 5.68. The molecule has 0 aromatic heterocycles. The molecule has 0 aromatic carbocycles. The number of fused-ring (bicyclic) bond motifs is 2. The van der Waals surface area contributed by atoms with Gasteiger partial charge < -0.3 is 15.0 Å². The van der Waals surface area contributed by atoms with E-state index in [1.54, 1.807) is 0 Å². The lowest BCUT2D eigenvalue weighted by molar-refractivity contribution is -0.00488. The van der Waals surface area contributed by atoms with Gasteiger partial charge in [-0.3, -0.25) is 0 Å². The summed E-state index contributed by atoms with van der Waals surface area (Å²) in [5.41, 5.74) is -0.345. The van der Waals surface area contributed by atoms with Gasteiger partial charge in [0, 0.05) is 13.1 Å². The molecule has 2 saturated heterocycles. The number of amides is 1. The summed E-state index contributed by atoms with van der Waals surface area (Å²) in [5.74, 6) is 1.22. The Kier molecular flexibility index (Phi) is 3.61. The molecule has 0 spiro atoms. The van der Waals surface area contributed by atoms with E-state index in [0.29, 0.717) is 11.8 Å². The summed E-state index contributed by atoms with van der Waals surface area (Å²) >= 11 is 0. The molecule has 2 atom stereocenters. The van der Waals surface area contributed by atoms with Crippen LogP contribution in [-0.4, -0.2) is 42.8 Å². The second kappa shape index (κ2) is 4.84. The molecule has 98 valence electrons. The van der Waals surface area contributed by atoms with Gasteiger partial charge in [-0.1, -0.05) is 6.92 Å². The van der Waals surface area contributed by atoms with E-state index < -0.39 is 0 Å². The van der Waals surface area contributed by atoms with Crippen LogP contribution in [0.3, 0.4) is 0 Å². The van der Waals surface area contributed by atoms with Crippen molar-refractivity contribution in [2.24, 2.45) is 11.8 Å². The number of nitrogens with one attached hydrogen (secondary N) is 1. The number of carbonyl (C=O) groups is 1. The maximum Gasteiger partial charge on any atom is 0.410 e. The molecule has 0 aliphatic carbocycles. The summed E-state index contributed by atoms with van der Waals surface area (Å²) in [6, 6.07) is 0. The van der Waals surface area contributed by atoms with E-state index in [1.165, 1.54) is 6.42 Å². The van der Waals surface area contributed by atoms with Crippen molar-refractivity contribution in [3.63, 3.8) is 0 Å². The smallest absolute Gasteiger partial charge is 0.410 e. The van der Waals surface area contributed by atoms with Crippen molar-refractivity contribution in [2.75, 3.05) is 26.2 Å². The Morgan fingerprint density at radius 2 is 1.94 bits per heavy atom. The highest BCUT2D eigenvalue weighted by Crippen LogP contribution is 2.26. The Bertz CT molecular complexity index is 279. The van der Waals surface area contributed by atoms with Gasteiger partial charge in [0.05, 0.1) is 0 Å². The molecule has 2 unspecified atom stereocenters. The van der Waals surface area contributed by atoms with Crippen molar-refractivity contribution in [1.82, 2.24) is 10.2 Å². The summed E-state index contributed by atoms with van der Waals surface area (Å²) in [4.78, 5) is 14.0. The molecule has 2 aliphatic heterocycles. The second-order valence-electron chi connectivity index (χ2n) is 6.01. The molecule has 4 heteroatoms. The fraction of sp³-hybridized carbons (Fsp3) is 0.923. The van der Waals surface area contributed by atoms with Crippen molar-refractivity contribution in [1.29, 1.82) is 0 Å². The van der Waals surface area contributed by atoms with E-state index >= 15 is 0 Å². The largest absolute Gasteiger partial charge is 0.443 e. The minimum Gasteiger partial charge on any atom is -0.443 e. The van der Waals surface area contributed by atoms with Gasteiger partial charge in [-0.25, -0.2) is 4.79 Å². The van der Waals surface area contributed by atoms with Crippen LogP contribution in [0.5, 0.6) is 0 Å². The van der Waals surface area contributed by atoms with Gasteiger partial charge in [-0.2, -0.15) is 0 Å². The number of hydrogen-bond donors (Lipinski definition) is 1. The fourth-order valence-corrected chi connectivity index (χ4v) is 2.63. The maximum absolute atomic E-state index is 12.1. The predicted molar refractivity (Wildman–Crippen MR) is 66.9 cm³/mol. The molecule has 1 amide bonds. The van der Waals surface area contributed by atoms with Gasteiger partial charge >= 0.3 is 6.09 Å². The standard InChI is InChI=1S/C13H24N2O2/c1-4-13(2,3)17-12(16)15-8-10-5-11(9-15)7-14-6-10/h10-11,14H,4-9H2,1-3H3. The van der Waals surface area contributed by atoms with Gasteiger partial charge in [0.25, 0.3) is 0 Å². The van der Waals surface area contributed by atoms with Crippen LogP contribution in [0, 0.1) is 11.8 Å². The third-order valence-corrected chi connectivity index (χ3v) is 3.96. The van der Waals surface area contributed by atoms with Gasteiger partial charge in [0.1, 0.15) is 5.60 Å². The highest BCUT2D eigenvalue weighted by atomic mass is 16.6. The minimum atomic E-state index is -0.345. The van der Waals surface area contributed by atoms with Crippen LogP contribution in [0.25, 0.3) is 0 Å². The predicted octanol–water partition coefficient (Wildman–Crippen LogP) is 1.85. The average molecular weight is 240 g/mol. The zero-order chi connectivity index (χ0) is 12.5. The quantitative estimate of drug-likeness (QED) is 0.801. The lowest BCUT2D eigenvalue weighted by Gasteiger charge is -2.42. The zero-order valence-electron chi connectivity index (χ0n) is 11.2. The van der Waals surface area contributed by atoms with Crippen LogP contribution in [-0.2, 0) is 4.74 Å². The Morgan fingerprint density at radius 3 is 2.47 bits per heavy atom. The maximum atomic E-state index is 12.1. The third-order valence-electron chi connectivity index (χ3n) is 3.96. The number of piperidine rings is 2. The lowest BCUT2D eigenvalue weighted by atomic mass is 9.86. The number of likely N-dealkylation sites (tertiary alicyclic amines) is 1. The Balaban J connectivity index is 1.92. The van der Waals surface area contributed by atoms with Crippen LogP contribution >= 0.6 is 0 Å². The van der Waals surface area contributed by atoms with Crippen LogP contribution in [0.1, 0.15) is 33.6 Å². The lowest BCUT2D eigenvalue weighted by Crippen LogP contribution is -2.53. The number of nitrogens with zero attached hydrogens (tertiary/aromatic N) is 1. The van der Waals surface area contributed by atoms with E-state index in [1.807, 2.05) is 25.7 Å². The summed E-state index contributed by atoms with van der Waals surface area (Å²) in [5, 5.41) is 3.43. The topological polar surface area (TPSA) is 41.6 Å². The molecule has 2 bridgehead atoms. The van der Waals surface area contributed by atoms with Crippen molar-refractivity contribution < 1.29 is 9.53 Å². The zero-order valence-corrected chi connectivity index (χ0v) is 11.2. The van der Waals surface area contributed by atoms with Gasteiger partial charge in [0.2, 0.25) is 0 Å². The van der Waals surface area contributed by atoms with Crippen molar-refractivity contribution in [3.8, 4) is 0 Å². The number of hydrogen-bond acceptors (Lipinski definition) is 3. The molecule has 2 heterocycles. The Hall–Kier alpha value is -0.770. The SMILES string of the molecule is CCC(C)(C)OC(=O)N1CC2CNCC(C2)C1. The second-order valence-corrected chi connectivity index (χ2v) is 6.01. The molecule has 2 fully saturated rings. The van der Waals surface area contributed by atoms with Crippen LogP contribution in [0.2, 0.25) is 0 Å². The van der Waals surface area contributed by atoms with Gasteiger partial charge in [-0.05, 0) is 51.6 Å². The normalized spacial score (nSPS) is 29.0. The molecule has 1 N–H and O–H groups in total. The van der Waals surface area contributed by atoms with E-state index in [9.17, 15) is 4.79 Å². The first-order valence-corrected chi connectivity index (χ1v) is 6.69. The molecule has 0 radical (unpaired) electrons. The first-order chi connectivity index (χ1) is 8.00. The minimum absolute atomic E-state index is 0.131. The molecule has 17 heavy (non-hydrogen) atoms. The molecule has 2 rings (SSSR count). The summed E-state index contributed by atoms with van der Waals surface area (Å²) < 4.78 is 5.56. The molecule has 2 aliphatic rings. The van der Waals surface area contributed by atoms with Crippen LogP contribution in [0.15, 0.2) is 0 Å². The van der Waals surface area contributed by atoms with Crippen LogP contribution < -0.4 is 5.32 Å². The fourth-order valence-electron chi connectivity index (χ4n) is 2.63. The molecular formula is C13H24N2O2. The summed E-state index contributed by atoms with van der Waals surface area (Å²) in [6.45, 7) is 9.76. The van der Waals surface area contributed by atoms with Crippen LogP contribution in [0.4, 0.5) is 4.79 Å². The number of ether oxygens (including phenoxy) is 1. The van der Waals surface area contributed by atoms with E-state index in [-0.39, 0.29) is 11.7 Å². The van der Waals surface area contributed by atoms with E-state index in [2.05, 4.69) is 5.32 Å². The van der Waals surface area contributed by atoms with Crippen molar-refractivity contribution in [3.05, 3.63) is 0 Å². The van der Waals surface area contributed by atoms with Gasteiger partial charge in [-0.15, -0.1) is 0 Å². The monoisotopic (exact) mass is 240 g/mol. The Labute approximate surface area is 104 Å². The summed E-state index contributed by atoms with van der Waals surface area (Å²) in [6.07, 6.45) is 1.98. The molecule has 4 nitrogen and oxygen atoms in total. The summed E-state index contributed by atoms with van der Waals surface area (Å²) in [7, 11) is 0. The van der Waals surface area contributed by atoms with E-state index in [4.69, 9.17) is 4.74 Å². The van der Waals surface area contributed by atoms with Crippen molar-refractivity contribution in [2.45, 2.75) is 39.2 Å². The third kappa shape index (κ3) is 3.12. The van der Waals surface area contributed by atoms with Crippen molar-refractivity contribution >= 4 is 6.09 Å². The Morgan fingerprint density at radius 1 is 1.35 bits per heavy atom. The number of carbonyl (C=O) groups excluding carboxylic acids is 1. The van der Waals surface area contributed by atoms with Gasteiger partial charge in [0.15, 0.2) is 0 Å². The molecular weight excluding hydrogens is 216 g/mol. The molecule has 0 saturated carbocycles. The first-order valence-electron chi connectivity index (χ1n) is 6.69. The highest BCUT2D eigenvalue weighted by Gasteiger charge is 2.34. The first kappa shape index (κ1) is 12.7. The van der Waals surface area contributed by atoms with E-state index in [0.717, 1.165) is 32.6 Å².